The highest BCUT2D eigenvalue weighted by Crippen LogP contribution is 2.34. The van der Waals surface area contributed by atoms with Gasteiger partial charge in [0.05, 0.1) is 5.92 Å². The summed E-state index contributed by atoms with van der Waals surface area (Å²) >= 11 is 0. The van der Waals surface area contributed by atoms with Gasteiger partial charge in [-0.2, -0.15) is 0 Å². The highest BCUT2D eigenvalue weighted by Gasteiger charge is 2.27. The molecule has 0 bridgehead atoms. The number of likely N-dealkylation sites (tertiary alicyclic amines) is 1. The molecule has 0 spiro atoms. The predicted molar refractivity (Wildman–Crippen MR) is 126 cm³/mol. The number of nitrogens with one attached hydrogen (secondary N) is 1. The molecule has 1 aromatic heterocycles. The fraction of sp³-hybridized carbons (Fsp3) is 0.269. The molecule has 1 saturated heterocycles. The largest absolute Gasteiger partial charge is 0.486 e. The molecule has 3 heterocycles. The maximum absolute atomic E-state index is 12.8. The number of carbonyl (C=O) groups excluding carboxylic acids is 1. The number of amides is 1. The first kappa shape index (κ1) is 21.9. The van der Waals surface area contributed by atoms with Gasteiger partial charge in [-0.1, -0.05) is 24.3 Å². The summed E-state index contributed by atoms with van der Waals surface area (Å²) in [5.74, 6) is 0.605. The van der Waals surface area contributed by atoms with Crippen molar-refractivity contribution in [1.82, 2.24) is 9.88 Å². The summed E-state index contributed by atoms with van der Waals surface area (Å²) in [5, 5.41) is 12.0. The molecule has 174 valence electrons. The number of aliphatic carboxylic acids is 1. The molecule has 8 heteroatoms. The molecule has 2 aliphatic rings. The number of pyridine rings is 1. The Morgan fingerprint density at radius 2 is 1.85 bits per heavy atom. The highest BCUT2D eigenvalue weighted by atomic mass is 16.6. The molecule has 0 unspecified atom stereocenters. The molecule has 1 amide bonds. The lowest BCUT2D eigenvalue weighted by Crippen LogP contribution is -2.23. The molecule has 34 heavy (non-hydrogen) atoms. The summed E-state index contributed by atoms with van der Waals surface area (Å²) in [7, 11) is 0. The van der Waals surface area contributed by atoms with Gasteiger partial charge in [-0.05, 0) is 60.0 Å². The molecule has 2 N–H and O–H groups in total. The van der Waals surface area contributed by atoms with Gasteiger partial charge in [0.25, 0.3) is 5.91 Å². The summed E-state index contributed by atoms with van der Waals surface area (Å²) in [6, 6.07) is 16.8. The summed E-state index contributed by atoms with van der Waals surface area (Å²) in [6.07, 6.45) is 2.39. The van der Waals surface area contributed by atoms with Crippen LogP contribution in [0.1, 0.15) is 22.3 Å². The van der Waals surface area contributed by atoms with E-state index in [0.29, 0.717) is 49.9 Å². The number of hydrogen-bond donors (Lipinski definition) is 2. The highest BCUT2D eigenvalue weighted by molar-refractivity contribution is 6.04. The van der Waals surface area contributed by atoms with Crippen LogP contribution in [0.25, 0.3) is 11.1 Å². The van der Waals surface area contributed by atoms with E-state index in [-0.39, 0.29) is 11.8 Å². The quantitative estimate of drug-likeness (QED) is 0.580. The van der Waals surface area contributed by atoms with E-state index in [4.69, 9.17) is 14.6 Å². The van der Waals surface area contributed by atoms with Crippen molar-refractivity contribution in [1.29, 1.82) is 0 Å². The van der Waals surface area contributed by atoms with Crippen LogP contribution in [0.3, 0.4) is 0 Å². The van der Waals surface area contributed by atoms with Crippen LogP contribution in [0.5, 0.6) is 11.5 Å². The van der Waals surface area contributed by atoms with E-state index in [1.165, 1.54) is 0 Å². The van der Waals surface area contributed by atoms with Gasteiger partial charge in [0.1, 0.15) is 19.0 Å². The van der Waals surface area contributed by atoms with Crippen molar-refractivity contribution in [2.75, 3.05) is 31.6 Å². The first-order valence-corrected chi connectivity index (χ1v) is 11.3. The minimum atomic E-state index is -0.739. The van der Waals surface area contributed by atoms with Crippen molar-refractivity contribution < 1.29 is 24.2 Å². The number of rotatable bonds is 6. The average Bonchev–Trinajstić information content (AvgIpc) is 3.34. The number of anilines is 1. The van der Waals surface area contributed by atoms with E-state index in [0.717, 1.165) is 29.0 Å². The Bertz CT molecular complexity index is 1210. The molecular formula is C26H25N3O5. The lowest BCUT2D eigenvalue weighted by molar-refractivity contribution is -0.141. The number of fused-ring (bicyclic) bond motifs is 1. The van der Waals surface area contributed by atoms with E-state index in [9.17, 15) is 9.59 Å². The Labute approximate surface area is 197 Å². The second kappa shape index (κ2) is 9.52. The fourth-order valence-corrected chi connectivity index (χ4v) is 4.28. The van der Waals surface area contributed by atoms with Crippen LogP contribution in [0, 0.1) is 5.92 Å². The van der Waals surface area contributed by atoms with Crippen LogP contribution in [0.4, 0.5) is 5.82 Å². The number of nitrogens with zero attached hydrogens (tertiary/aromatic N) is 2. The molecular weight excluding hydrogens is 434 g/mol. The van der Waals surface area contributed by atoms with Crippen LogP contribution in [0.15, 0.2) is 60.8 Å². The predicted octanol–water partition coefficient (Wildman–Crippen LogP) is 3.68. The summed E-state index contributed by atoms with van der Waals surface area (Å²) < 4.78 is 11.2. The summed E-state index contributed by atoms with van der Waals surface area (Å²) in [5.41, 5.74) is 3.34. The molecule has 0 radical (unpaired) electrons. The molecule has 2 aromatic carbocycles. The van der Waals surface area contributed by atoms with Crippen LogP contribution in [-0.2, 0) is 11.3 Å². The monoisotopic (exact) mass is 459 g/mol. The first-order chi connectivity index (χ1) is 16.5. The molecule has 0 saturated carbocycles. The van der Waals surface area contributed by atoms with Gasteiger partial charge in [-0.15, -0.1) is 0 Å². The maximum atomic E-state index is 12.8. The van der Waals surface area contributed by atoms with Crippen LogP contribution in [0.2, 0.25) is 0 Å². The topological polar surface area (TPSA) is 101 Å². The molecule has 2 aliphatic heterocycles. The van der Waals surface area contributed by atoms with E-state index in [2.05, 4.69) is 15.2 Å². The van der Waals surface area contributed by atoms with Gasteiger partial charge in [0, 0.05) is 24.8 Å². The van der Waals surface area contributed by atoms with E-state index in [1.54, 1.807) is 18.3 Å². The molecule has 5 rings (SSSR count). The van der Waals surface area contributed by atoms with Crippen molar-refractivity contribution >= 4 is 17.7 Å². The maximum Gasteiger partial charge on any atom is 0.307 e. The third kappa shape index (κ3) is 4.87. The molecule has 3 aromatic rings. The lowest BCUT2D eigenvalue weighted by Gasteiger charge is -2.19. The second-order valence-electron chi connectivity index (χ2n) is 8.50. The SMILES string of the molecule is O=C(Nc1ccc(CN2CC[C@H](C(=O)O)C2)cn1)c1cccc(-c2ccc3c(c2)OCCO3)c1. The van der Waals surface area contributed by atoms with Crippen molar-refractivity contribution in [2.24, 2.45) is 5.92 Å². The average molecular weight is 460 g/mol. The summed E-state index contributed by atoms with van der Waals surface area (Å²) in [4.78, 5) is 30.4. The second-order valence-corrected chi connectivity index (χ2v) is 8.50. The molecule has 1 fully saturated rings. The van der Waals surface area contributed by atoms with E-state index >= 15 is 0 Å². The normalized spacial score (nSPS) is 17.4. The van der Waals surface area contributed by atoms with Gasteiger partial charge in [-0.25, -0.2) is 4.98 Å². The Morgan fingerprint density at radius 3 is 2.62 bits per heavy atom. The Kier molecular flexibility index (Phi) is 6.14. The number of carboxylic acids is 1. The third-order valence-corrected chi connectivity index (χ3v) is 6.09. The number of aromatic nitrogens is 1. The van der Waals surface area contributed by atoms with Crippen molar-refractivity contribution in [3.05, 3.63) is 71.9 Å². The lowest BCUT2D eigenvalue weighted by atomic mass is 10.0. The fourth-order valence-electron chi connectivity index (χ4n) is 4.28. The minimum absolute atomic E-state index is 0.247. The van der Waals surface area contributed by atoms with Gasteiger partial charge in [-0.3, -0.25) is 14.5 Å². The molecule has 0 aliphatic carbocycles. The van der Waals surface area contributed by atoms with Gasteiger partial charge in [0.2, 0.25) is 0 Å². The van der Waals surface area contributed by atoms with E-state index < -0.39 is 5.97 Å². The van der Waals surface area contributed by atoms with Crippen molar-refractivity contribution in [3.63, 3.8) is 0 Å². The Balaban J connectivity index is 1.23. The van der Waals surface area contributed by atoms with Crippen LogP contribution < -0.4 is 14.8 Å². The standard InChI is InChI=1S/C26H25N3O5/c30-25(28-24-7-4-17(14-27-24)15-29-9-8-21(16-29)26(31)32)20-3-1-2-18(12-20)19-5-6-22-23(13-19)34-11-10-33-22/h1-7,12-14,21H,8-11,15-16H2,(H,31,32)(H,27,28,30)/t21-/m0/s1. The zero-order valence-corrected chi connectivity index (χ0v) is 18.6. The number of benzene rings is 2. The third-order valence-electron chi connectivity index (χ3n) is 6.09. The number of carboxylic acid groups (broad SMARTS) is 1. The molecule has 1 atom stereocenters. The van der Waals surface area contributed by atoms with Crippen LogP contribution in [-0.4, -0.2) is 53.2 Å². The van der Waals surface area contributed by atoms with Gasteiger partial charge < -0.3 is 19.9 Å². The van der Waals surface area contributed by atoms with Crippen LogP contribution >= 0.6 is 0 Å². The number of hydrogen-bond acceptors (Lipinski definition) is 6. The van der Waals surface area contributed by atoms with Crippen molar-refractivity contribution in [3.8, 4) is 22.6 Å². The Hall–Kier alpha value is -3.91. The summed E-state index contributed by atoms with van der Waals surface area (Å²) in [6.45, 7) is 3.01. The number of ether oxygens (including phenoxy) is 2. The number of carbonyl (C=O) groups is 2. The smallest absolute Gasteiger partial charge is 0.307 e. The Morgan fingerprint density at radius 1 is 1.03 bits per heavy atom. The minimum Gasteiger partial charge on any atom is -0.486 e. The van der Waals surface area contributed by atoms with E-state index in [1.807, 2.05) is 42.5 Å². The first-order valence-electron chi connectivity index (χ1n) is 11.3. The van der Waals surface area contributed by atoms with Gasteiger partial charge >= 0.3 is 5.97 Å². The molecule has 8 nitrogen and oxygen atoms in total. The van der Waals surface area contributed by atoms with Crippen molar-refractivity contribution in [2.45, 2.75) is 13.0 Å². The zero-order chi connectivity index (χ0) is 23.5. The van der Waals surface area contributed by atoms with Gasteiger partial charge in [0.15, 0.2) is 11.5 Å². The zero-order valence-electron chi connectivity index (χ0n) is 18.6.